The number of nitrogens with zero attached hydrogens (tertiary/aromatic N) is 2. The van der Waals surface area contributed by atoms with E-state index in [1.165, 1.54) is 0 Å². The lowest BCUT2D eigenvalue weighted by Gasteiger charge is -2.11. The molecule has 0 spiro atoms. The summed E-state index contributed by atoms with van der Waals surface area (Å²) in [5.74, 6) is 2.68. The highest BCUT2D eigenvalue weighted by molar-refractivity contribution is 6.07. The molecule has 2 aromatic carbocycles. The number of benzene rings is 2. The second-order valence-corrected chi connectivity index (χ2v) is 7.06. The monoisotopic (exact) mass is 420 g/mol. The first kappa shape index (κ1) is 20.5. The van der Waals surface area contributed by atoms with Gasteiger partial charge in [-0.3, -0.25) is 9.48 Å². The number of aromatic nitrogens is 2. The summed E-state index contributed by atoms with van der Waals surface area (Å²) in [4.78, 5) is 12.6. The standard InChI is InChI=1S/C24H24N2O5/c1-4-26-13-20(16(2)25-26)21(27)8-5-17-6-9-22(28-3)18(11-17)14-29-19-7-10-23-24(12-19)31-15-30-23/h5-13H,4,14-15H2,1-3H3/b8-5+. The molecular formula is C24H24N2O5. The van der Waals surface area contributed by atoms with Crippen molar-refractivity contribution >= 4 is 11.9 Å². The molecule has 1 aliphatic heterocycles. The molecule has 0 atom stereocenters. The highest BCUT2D eigenvalue weighted by atomic mass is 16.7. The average Bonchev–Trinajstić information content (AvgIpc) is 3.41. The normalized spacial score (nSPS) is 12.4. The number of aryl methyl sites for hydroxylation is 2. The van der Waals surface area contributed by atoms with Crippen LogP contribution in [0.15, 0.2) is 48.7 Å². The van der Waals surface area contributed by atoms with Gasteiger partial charge in [-0.1, -0.05) is 12.1 Å². The van der Waals surface area contributed by atoms with Crippen molar-refractivity contribution in [3.8, 4) is 23.0 Å². The van der Waals surface area contributed by atoms with Crippen molar-refractivity contribution in [1.82, 2.24) is 9.78 Å². The smallest absolute Gasteiger partial charge is 0.231 e. The van der Waals surface area contributed by atoms with Gasteiger partial charge >= 0.3 is 0 Å². The first-order chi connectivity index (χ1) is 15.1. The van der Waals surface area contributed by atoms with E-state index in [0.717, 1.165) is 23.4 Å². The molecule has 0 aliphatic carbocycles. The Morgan fingerprint density at radius 3 is 2.81 bits per heavy atom. The van der Waals surface area contributed by atoms with Crippen LogP contribution in [0.1, 0.15) is 34.1 Å². The number of hydrogen-bond donors (Lipinski definition) is 0. The number of fused-ring (bicyclic) bond motifs is 1. The van der Waals surface area contributed by atoms with Crippen LogP contribution in [0.4, 0.5) is 0 Å². The fraction of sp³-hybridized carbons (Fsp3) is 0.250. The molecule has 0 unspecified atom stereocenters. The quantitative estimate of drug-likeness (QED) is 0.397. The largest absolute Gasteiger partial charge is 0.496 e. The fourth-order valence-corrected chi connectivity index (χ4v) is 3.33. The zero-order valence-corrected chi connectivity index (χ0v) is 17.8. The average molecular weight is 420 g/mol. The number of rotatable bonds is 8. The Bertz CT molecular complexity index is 1130. The van der Waals surface area contributed by atoms with E-state index < -0.39 is 0 Å². The number of ether oxygens (including phenoxy) is 4. The topological polar surface area (TPSA) is 71.8 Å². The Hall–Kier alpha value is -3.74. The molecular weight excluding hydrogens is 396 g/mol. The van der Waals surface area contributed by atoms with E-state index in [9.17, 15) is 4.79 Å². The Kier molecular flexibility index (Phi) is 5.93. The van der Waals surface area contributed by atoms with Gasteiger partial charge in [-0.05, 0) is 49.8 Å². The predicted molar refractivity (Wildman–Crippen MR) is 116 cm³/mol. The summed E-state index contributed by atoms with van der Waals surface area (Å²) in [6.07, 6.45) is 5.13. The fourth-order valence-electron chi connectivity index (χ4n) is 3.33. The number of hydrogen-bond acceptors (Lipinski definition) is 6. The van der Waals surface area contributed by atoms with Gasteiger partial charge in [0.15, 0.2) is 17.3 Å². The van der Waals surface area contributed by atoms with Gasteiger partial charge in [0.05, 0.1) is 18.4 Å². The Morgan fingerprint density at radius 2 is 2.03 bits per heavy atom. The third-order valence-electron chi connectivity index (χ3n) is 5.01. The van der Waals surface area contributed by atoms with E-state index in [2.05, 4.69) is 5.10 Å². The van der Waals surface area contributed by atoms with Crippen LogP contribution in [0.3, 0.4) is 0 Å². The van der Waals surface area contributed by atoms with Crippen LogP contribution in [-0.4, -0.2) is 29.5 Å². The van der Waals surface area contributed by atoms with Gasteiger partial charge in [-0.15, -0.1) is 0 Å². The third kappa shape index (κ3) is 4.55. The molecule has 0 saturated carbocycles. The summed E-state index contributed by atoms with van der Waals surface area (Å²) in [7, 11) is 1.62. The van der Waals surface area contributed by atoms with Gasteiger partial charge in [0.1, 0.15) is 18.1 Å². The molecule has 1 aliphatic rings. The second-order valence-electron chi connectivity index (χ2n) is 7.06. The van der Waals surface area contributed by atoms with Crippen molar-refractivity contribution in [1.29, 1.82) is 0 Å². The lowest BCUT2D eigenvalue weighted by Crippen LogP contribution is -1.99. The Morgan fingerprint density at radius 1 is 1.19 bits per heavy atom. The molecule has 0 saturated heterocycles. The maximum absolute atomic E-state index is 12.6. The van der Waals surface area contributed by atoms with Crippen LogP contribution in [-0.2, 0) is 13.2 Å². The first-order valence-electron chi connectivity index (χ1n) is 10.0. The molecule has 0 fully saturated rings. The molecule has 0 bridgehead atoms. The minimum atomic E-state index is -0.0776. The molecule has 2 heterocycles. The SMILES string of the molecule is CCn1cc(C(=O)/C=C/c2ccc(OC)c(COc3ccc4c(c3)OCO4)c2)c(C)n1. The minimum absolute atomic E-state index is 0.0776. The molecule has 7 heteroatoms. The zero-order valence-electron chi connectivity index (χ0n) is 17.8. The number of allylic oxidation sites excluding steroid dienone is 1. The van der Waals surface area contributed by atoms with Gasteiger partial charge in [-0.25, -0.2) is 0 Å². The zero-order chi connectivity index (χ0) is 21.8. The van der Waals surface area contributed by atoms with E-state index >= 15 is 0 Å². The van der Waals surface area contributed by atoms with E-state index in [4.69, 9.17) is 18.9 Å². The van der Waals surface area contributed by atoms with E-state index in [0.29, 0.717) is 35.2 Å². The van der Waals surface area contributed by atoms with Crippen LogP contribution in [0.5, 0.6) is 23.0 Å². The van der Waals surface area contributed by atoms with Gasteiger partial charge in [0.2, 0.25) is 6.79 Å². The van der Waals surface area contributed by atoms with Crippen LogP contribution in [0.2, 0.25) is 0 Å². The third-order valence-corrected chi connectivity index (χ3v) is 5.01. The summed E-state index contributed by atoms with van der Waals surface area (Å²) in [6.45, 7) is 5.08. The molecule has 0 amide bonds. The summed E-state index contributed by atoms with van der Waals surface area (Å²) in [5, 5.41) is 4.33. The summed E-state index contributed by atoms with van der Waals surface area (Å²) < 4.78 is 23.9. The van der Waals surface area contributed by atoms with Crippen molar-refractivity contribution in [3.63, 3.8) is 0 Å². The van der Waals surface area contributed by atoms with Crippen molar-refractivity contribution in [2.24, 2.45) is 0 Å². The first-order valence-corrected chi connectivity index (χ1v) is 10.0. The van der Waals surface area contributed by atoms with Crippen LogP contribution in [0, 0.1) is 6.92 Å². The lowest BCUT2D eigenvalue weighted by atomic mass is 10.1. The molecule has 4 rings (SSSR count). The second kappa shape index (κ2) is 8.95. The van der Waals surface area contributed by atoms with Crippen LogP contribution < -0.4 is 18.9 Å². The number of carbonyl (C=O) groups excluding carboxylic acids is 1. The summed E-state index contributed by atoms with van der Waals surface area (Å²) in [6, 6.07) is 11.2. The minimum Gasteiger partial charge on any atom is -0.496 e. The van der Waals surface area contributed by atoms with Crippen LogP contribution in [0.25, 0.3) is 6.08 Å². The van der Waals surface area contributed by atoms with Crippen LogP contribution >= 0.6 is 0 Å². The molecule has 0 radical (unpaired) electrons. The predicted octanol–water partition coefficient (Wildman–Crippen LogP) is 4.42. The molecule has 1 aromatic heterocycles. The summed E-state index contributed by atoms with van der Waals surface area (Å²) >= 11 is 0. The number of methoxy groups -OCH3 is 1. The highest BCUT2D eigenvalue weighted by Gasteiger charge is 2.14. The lowest BCUT2D eigenvalue weighted by molar-refractivity contribution is 0.104. The Labute approximate surface area is 180 Å². The Balaban J connectivity index is 1.48. The summed E-state index contributed by atoms with van der Waals surface area (Å²) in [5.41, 5.74) is 3.07. The van der Waals surface area contributed by atoms with Crippen molar-refractivity contribution in [2.45, 2.75) is 27.0 Å². The van der Waals surface area contributed by atoms with E-state index in [-0.39, 0.29) is 12.6 Å². The van der Waals surface area contributed by atoms with E-state index in [1.54, 1.807) is 36.2 Å². The molecule has 31 heavy (non-hydrogen) atoms. The highest BCUT2D eigenvalue weighted by Crippen LogP contribution is 2.35. The number of ketones is 1. The number of carbonyl (C=O) groups is 1. The van der Waals surface area contributed by atoms with Crippen molar-refractivity contribution < 1.29 is 23.7 Å². The molecule has 160 valence electrons. The molecule has 0 N–H and O–H groups in total. The van der Waals surface area contributed by atoms with Crippen molar-refractivity contribution in [2.75, 3.05) is 13.9 Å². The van der Waals surface area contributed by atoms with Gasteiger partial charge in [-0.2, -0.15) is 5.10 Å². The molecule has 7 nitrogen and oxygen atoms in total. The maximum atomic E-state index is 12.6. The van der Waals surface area contributed by atoms with Gasteiger partial charge < -0.3 is 18.9 Å². The van der Waals surface area contributed by atoms with Gasteiger partial charge in [0.25, 0.3) is 0 Å². The van der Waals surface area contributed by atoms with Crippen molar-refractivity contribution in [3.05, 3.63) is 71.1 Å². The van der Waals surface area contributed by atoms with Gasteiger partial charge in [0, 0.05) is 24.4 Å². The van der Waals surface area contributed by atoms with E-state index in [1.807, 2.05) is 44.2 Å². The molecule has 3 aromatic rings. The maximum Gasteiger partial charge on any atom is 0.231 e.